The molecule has 2 unspecified atom stereocenters. The lowest BCUT2D eigenvalue weighted by Gasteiger charge is -2.32. The molecule has 0 N–H and O–H groups in total. The van der Waals surface area contributed by atoms with Crippen LogP contribution in [0.5, 0.6) is 0 Å². The lowest BCUT2D eigenvalue weighted by atomic mass is 10.00. The van der Waals surface area contributed by atoms with Crippen LogP contribution in [0, 0.1) is 13.8 Å². The second-order valence-electron chi connectivity index (χ2n) is 7.20. The number of aryl methyl sites for hydroxylation is 2. The van der Waals surface area contributed by atoms with Crippen LogP contribution in [0.15, 0.2) is 15.6 Å². The van der Waals surface area contributed by atoms with Crippen LogP contribution in [0.25, 0.3) is 10.8 Å². The van der Waals surface area contributed by atoms with Gasteiger partial charge in [-0.15, -0.1) is 16.4 Å². The molecule has 1 saturated heterocycles. The molecular weight excluding hydrogens is 382 g/mol. The summed E-state index contributed by atoms with van der Waals surface area (Å²) in [5.74, 6) is 1.43. The topological polar surface area (TPSA) is 74.8 Å². The lowest BCUT2D eigenvalue weighted by Crippen LogP contribution is -2.32. The standard InChI is InChI=1S/C18H23N5O2S2/c1-10-8-26-17(19-10)16-20-15(7-22-11(2)9-27-18(22)24)23(21-16)14-5-12(3)25-13(4)6-14/h8-9,12-14H,5-7H2,1-4H3. The third kappa shape index (κ3) is 3.76. The third-order valence-corrected chi connectivity index (χ3v) is 6.64. The number of hydrogen-bond donors (Lipinski definition) is 0. The Labute approximate surface area is 165 Å². The maximum atomic E-state index is 12.2. The maximum Gasteiger partial charge on any atom is 0.307 e. The maximum absolute atomic E-state index is 12.2. The molecule has 0 amide bonds. The van der Waals surface area contributed by atoms with Crippen molar-refractivity contribution >= 4 is 22.7 Å². The van der Waals surface area contributed by atoms with E-state index in [0.717, 1.165) is 35.1 Å². The van der Waals surface area contributed by atoms with E-state index in [1.54, 1.807) is 15.9 Å². The van der Waals surface area contributed by atoms with Crippen LogP contribution in [0.3, 0.4) is 0 Å². The summed E-state index contributed by atoms with van der Waals surface area (Å²) >= 11 is 2.76. The number of hydrogen-bond acceptors (Lipinski definition) is 7. The summed E-state index contributed by atoms with van der Waals surface area (Å²) in [5.41, 5.74) is 1.91. The largest absolute Gasteiger partial charge is 0.375 e. The van der Waals surface area contributed by atoms with Crippen molar-refractivity contribution in [3.05, 3.63) is 37.6 Å². The Morgan fingerprint density at radius 1 is 1.15 bits per heavy atom. The highest BCUT2D eigenvalue weighted by Gasteiger charge is 2.29. The summed E-state index contributed by atoms with van der Waals surface area (Å²) < 4.78 is 9.65. The summed E-state index contributed by atoms with van der Waals surface area (Å²) in [7, 11) is 0. The van der Waals surface area contributed by atoms with E-state index >= 15 is 0 Å². The Morgan fingerprint density at radius 2 is 1.89 bits per heavy atom. The number of ether oxygens (including phenoxy) is 1. The van der Waals surface area contributed by atoms with Crippen molar-refractivity contribution in [3.8, 4) is 10.8 Å². The molecule has 3 aromatic heterocycles. The molecule has 7 nitrogen and oxygen atoms in total. The molecule has 1 aliphatic rings. The van der Waals surface area contributed by atoms with Gasteiger partial charge < -0.3 is 4.74 Å². The Bertz CT molecular complexity index is 992. The average molecular weight is 406 g/mol. The van der Waals surface area contributed by atoms with Gasteiger partial charge in [-0.05, 0) is 40.5 Å². The van der Waals surface area contributed by atoms with E-state index in [0.29, 0.717) is 12.4 Å². The number of aromatic nitrogens is 5. The van der Waals surface area contributed by atoms with Crippen molar-refractivity contribution < 1.29 is 4.74 Å². The van der Waals surface area contributed by atoms with Crippen LogP contribution in [0.2, 0.25) is 0 Å². The molecule has 4 rings (SSSR count). The SMILES string of the molecule is Cc1csc(-c2nc(Cn3c(C)csc3=O)n(C3CC(C)OC(C)C3)n2)n1. The van der Waals surface area contributed by atoms with Crippen molar-refractivity contribution in [1.29, 1.82) is 0 Å². The van der Waals surface area contributed by atoms with Gasteiger partial charge in [-0.3, -0.25) is 9.36 Å². The number of rotatable bonds is 4. The smallest absolute Gasteiger partial charge is 0.307 e. The van der Waals surface area contributed by atoms with Crippen LogP contribution in [-0.2, 0) is 11.3 Å². The van der Waals surface area contributed by atoms with Gasteiger partial charge >= 0.3 is 4.87 Å². The molecule has 27 heavy (non-hydrogen) atoms. The summed E-state index contributed by atoms with van der Waals surface area (Å²) in [6.07, 6.45) is 2.11. The Balaban J connectivity index is 1.75. The van der Waals surface area contributed by atoms with E-state index in [2.05, 4.69) is 18.8 Å². The van der Waals surface area contributed by atoms with Crippen LogP contribution in [0.4, 0.5) is 0 Å². The predicted octanol–water partition coefficient (Wildman–Crippen LogP) is 3.42. The molecule has 9 heteroatoms. The van der Waals surface area contributed by atoms with Crippen molar-refractivity contribution in [2.75, 3.05) is 0 Å². The van der Waals surface area contributed by atoms with Gasteiger partial charge in [0, 0.05) is 22.1 Å². The second kappa shape index (κ2) is 7.29. The molecule has 2 atom stereocenters. The number of thiazole rings is 2. The lowest BCUT2D eigenvalue weighted by molar-refractivity contribution is -0.0511. The van der Waals surface area contributed by atoms with Crippen molar-refractivity contribution in [3.63, 3.8) is 0 Å². The zero-order valence-electron chi connectivity index (χ0n) is 15.9. The minimum Gasteiger partial charge on any atom is -0.375 e. The fraction of sp³-hybridized carbons (Fsp3) is 0.556. The first kappa shape index (κ1) is 18.5. The van der Waals surface area contributed by atoms with Crippen molar-refractivity contribution in [2.45, 2.75) is 65.3 Å². The van der Waals surface area contributed by atoms with E-state index < -0.39 is 0 Å². The van der Waals surface area contributed by atoms with Crippen LogP contribution >= 0.6 is 22.7 Å². The van der Waals surface area contributed by atoms with Gasteiger partial charge in [0.1, 0.15) is 5.82 Å². The highest BCUT2D eigenvalue weighted by Crippen LogP contribution is 2.31. The summed E-state index contributed by atoms with van der Waals surface area (Å²) in [6.45, 7) is 8.53. The second-order valence-corrected chi connectivity index (χ2v) is 8.88. The third-order valence-electron chi connectivity index (χ3n) is 4.81. The minimum absolute atomic E-state index is 0.0300. The molecule has 0 bridgehead atoms. The monoisotopic (exact) mass is 405 g/mol. The molecule has 0 radical (unpaired) electrons. The normalized spacial score (nSPS) is 23.0. The fourth-order valence-electron chi connectivity index (χ4n) is 3.61. The Kier molecular flexibility index (Phi) is 5.00. The quantitative estimate of drug-likeness (QED) is 0.665. The predicted molar refractivity (Wildman–Crippen MR) is 107 cm³/mol. The molecule has 1 aliphatic heterocycles. The van der Waals surface area contributed by atoms with Gasteiger partial charge in [-0.25, -0.2) is 14.6 Å². The molecule has 3 aromatic rings. The van der Waals surface area contributed by atoms with Crippen LogP contribution in [0.1, 0.15) is 49.9 Å². The van der Waals surface area contributed by atoms with E-state index in [1.807, 2.05) is 29.3 Å². The van der Waals surface area contributed by atoms with E-state index in [-0.39, 0.29) is 23.1 Å². The highest BCUT2D eigenvalue weighted by atomic mass is 32.1. The number of nitrogens with zero attached hydrogens (tertiary/aromatic N) is 5. The summed E-state index contributed by atoms with van der Waals surface area (Å²) in [6, 6.07) is 0.204. The average Bonchev–Trinajstić information content (AvgIpc) is 3.29. The van der Waals surface area contributed by atoms with Gasteiger partial charge in [0.05, 0.1) is 24.8 Å². The van der Waals surface area contributed by atoms with Crippen molar-refractivity contribution in [2.24, 2.45) is 0 Å². The van der Waals surface area contributed by atoms with Gasteiger partial charge in [0.25, 0.3) is 0 Å². The van der Waals surface area contributed by atoms with Gasteiger partial charge in [-0.2, -0.15) is 0 Å². The highest BCUT2D eigenvalue weighted by molar-refractivity contribution is 7.13. The van der Waals surface area contributed by atoms with Gasteiger partial charge in [-0.1, -0.05) is 11.3 Å². The molecule has 0 spiro atoms. The molecule has 144 valence electrons. The minimum atomic E-state index is 0.0300. The summed E-state index contributed by atoms with van der Waals surface area (Å²) in [5, 5.41) is 9.51. The molecule has 1 fully saturated rings. The van der Waals surface area contributed by atoms with Crippen LogP contribution in [-0.4, -0.2) is 36.5 Å². The Hall–Kier alpha value is -1.84. The molecule has 4 heterocycles. The zero-order valence-corrected chi connectivity index (χ0v) is 17.5. The molecule has 0 aliphatic carbocycles. The summed E-state index contributed by atoms with van der Waals surface area (Å²) in [4.78, 5) is 21.6. The first-order valence-electron chi connectivity index (χ1n) is 9.09. The fourth-order valence-corrected chi connectivity index (χ4v) is 5.07. The zero-order chi connectivity index (χ0) is 19.1. The van der Waals surface area contributed by atoms with E-state index in [9.17, 15) is 4.79 Å². The molecular formula is C18H23N5O2S2. The van der Waals surface area contributed by atoms with Gasteiger partial charge in [0.2, 0.25) is 5.82 Å². The van der Waals surface area contributed by atoms with Crippen molar-refractivity contribution in [1.82, 2.24) is 24.3 Å². The van der Waals surface area contributed by atoms with Crippen LogP contribution < -0.4 is 4.87 Å². The molecule has 0 saturated carbocycles. The first-order chi connectivity index (χ1) is 12.9. The van der Waals surface area contributed by atoms with E-state index in [1.165, 1.54) is 11.3 Å². The van der Waals surface area contributed by atoms with E-state index in [4.69, 9.17) is 14.8 Å². The first-order valence-corrected chi connectivity index (χ1v) is 10.8. The Morgan fingerprint density at radius 3 is 2.48 bits per heavy atom. The molecule has 0 aromatic carbocycles. The van der Waals surface area contributed by atoms with Gasteiger partial charge in [0.15, 0.2) is 5.01 Å².